The number of ether oxygens (including phenoxy) is 1. The number of aromatic nitrogens is 1. The Hall–Kier alpha value is -2.06. The normalized spacial score (nSPS) is 12.4. The molecule has 1 aromatic carbocycles. The van der Waals surface area contributed by atoms with Crippen molar-refractivity contribution in [3.8, 4) is 11.8 Å². The fourth-order valence-corrected chi connectivity index (χ4v) is 2.81. The maximum Gasteiger partial charge on any atom is 0.127 e. The van der Waals surface area contributed by atoms with Gasteiger partial charge in [-0.1, -0.05) is 15.9 Å². The Morgan fingerprint density at radius 2 is 2.30 bits per heavy atom. The van der Waals surface area contributed by atoms with Gasteiger partial charge in [0.2, 0.25) is 0 Å². The summed E-state index contributed by atoms with van der Waals surface area (Å²) in [5.41, 5.74) is 2.92. The molecule has 5 heteroatoms. The molecule has 0 amide bonds. The maximum absolute atomic E-state index is 8.88. The number of benzene rings is 1. The van der Waals surface area contributed by atoms with E-state index in [-0.39, 0.29) is 0 Å². The number of halogens is 1. The summed E-state index contributed by atoms with van der Waals surface area (Å²) in [7, 11) is 0. The number of anilines is 1. The molecule has 2 aromatic rings. The zero-order valence-electron chi connectivity index (χ0n) is 10.7. The lowest BCUT2D eigenvalue weighted by Crippen LogP contribution is -2.03. The number of nitrogens with zero attached hydrogens (tertiary/aromatic N) is 2. The van der Waals surface area contributed by atoms with Crippen LogP contribution in [-0.4, -0.2) is 11.6 Å². The zero-order valence-corrected chi connectivity index (χ0v) is 12.3. The van der Waals surface area contributed by atoms with Gasteiger partial charge in [0.15, 0.2) is 0 Å². The number of rotatable bonds is 3. The van der Waals surface area contributed by atoms with Crippen LogP contribution >= 0.6 is 15.9 Å². The van der Waals surface area contributed by atoms with Crippen molar-refractivity contribution in [1.29, 1.82) is 5.26 Å². The monoisotopic (exact) mass is 329 g/mol. The first-order valence-corrected chi connectivity index (χ1v) is 7.09. The second-order valence-electron chi connectivity index (χ2n) is 4.55. The number of pyridine rings is 1. The van der Waals surface area contributed by atoms with Crippen molar-refractivity contribution in [2.75, 3.05) is 11.9 Å². The van der Waals surface area contributed by atoms with Crippen LogP contribution in [0.4, 0.5) is 5.82 Å². The number of nitrogens with one attached hydrogen (secondary N) is 1. The molecule has 0 unspecified atom stereocenters. The molecule has 1 aliphatic rings. The van der Waals surface area contributed by atoms with Gasteiger partial charge in [-0.15, -0.1) is 0 Å². The molecule has 0 radical (unpaired) electrons. The molecule has 20 heavy (non-hydrogen) atoms. The first-order valence-electron chi connectivity index (χ1n) is 6.30. The summed E-state index contributed by atoms with van der Waals surface area (Å²) >= 11 is 3.52. The predicted octanol–water partition coefficient (Wildman–Crippen LogP) is 3.26. The Balaban J connectivity index is 1.80. The third-order valence-corrected chi connectivity index (χ3v) is 3.63. The van der Waals surface area contributed by atoms with Gasteiger partial charge in [0.1, 0.15) is 11.6 Å². The van der Waals surface area contributed by atoms with E-state index in [1.165, 1.54) is 5.56 Å². The maximum atomic E-state index is 8.88. The quantitative estimate of drug-likeness (QED) is 0.938. The van der Waals surface area contributed by atoms with Gasteiger partial charge in [0, 0.05) is 29.2 Å². The van der Waals surface area contributed by atoms with Gasteiger partial charge in [-0.05, 0) is 29.8 Å². The molecule has 0 saturated heterocycles. The smallest absolute Gasteiger partial charge is 0.127 e. The summed E-state index contributed by atoms with van der Waals surface area (Å²) in [5, 5.41) is 12.1. The highest BCUT2D eigenvalue weighted by Gasteiger charge is 2.17. The van der Waals surface area contributed by atoms with Gasteiger partial charge < -0.3 is 10.1 Å². The van der Waals surface area contributed by atoms with E-state index in [0.29, 0.717) is 17.9 Å². The minimum atomic E-state index is 0.596. The number of fused-ring (bicyclic) bond motifs is 1. The van der Waals surface area contributed by atoms with E-state index in [1.807, 2.05) is 6.07 Å². The lowest BCUT2D eigenvalue weighted by Gasteiger charge is -2.10. The molecule has 4 nitrogen and oxygen atoms in total. The summed E-state index contributed by atoms with van der Waals surface area (Å²) in [4.78, 5) is 4.20. The standard InChI is InChI=1S/C15H12BrN3O/c16-13-6-11-2-4-20-15(11)12(7-13)9-19-14-5-10(8-17)1-3-18-14/h1,3,5-7H,2,4,9H2,(H,18,19). The van der Waals surface area contributed by atoms with Crippen LogP contribution in [0.25, 0.3) is 0 Å². The van der Waals surface area contributed by atoms with Crippen LogP contribution < -0.4 is 10.1 Å². The minimum absolute atomic E-state index is 0.596. The fraction of sp³-hybridized carbons (Fsp3) is 0.200. The zero-order chi connectivity index (χ0) is 13.9. The third-order valence-electron chi connectivity index (χ3n) is 3.17. The van der Waals surface area contributed by atoms with Crippen LogP contribution in [-0.2, 0) is 13.0 Å². The molecule has 0 fully saturated rings. The average Bonchev–Trinajstić information content (AvgIpc) is 2.93. The molecule has 0 atom stereocenters. The molecule has 1 N–H and O–H groups in total. The van der Waals surface area contributed by atoms with Crippen LogP contribution in [0.3, 0.4) is 0 Å². The molecule has 0 spiro atoms. The first-order chi connectivity index (χ1) is 9.76. The van der Waals surface area contributed by atoms with Crippen molar-refractivity contribution in [2.24, 2.45) is 0 Å². The summed E-state index contributed by atoms with van der Waals surface area (Å²) in [6.07, 6.45) is 2.58. The van der Waals surface area contributed by atoms with Gasteiger partial charge >= 0.3 is 0 Å². The molecule has 0 saturated carbocycles. The highest BCUT2D eigenvalue weighted by Crippen LogP contribution is 2.33. The topological polar surface area (TPSA) is 57.9 Å². The lowest BCUT2D eigenvalue weighted by molar-refractivity contribution is 0.354. The highest BCUT2D eigenvalue weighted by atomic mass is 79.9. The van der Waals surface area contributed by atoms with E-state index < -0.39 is 0 Å². The van der Waals surface area contributed by atoms with Crippen molar-refractivity contribution in [3.63, 3.8) is 0 Å². The van der Waals surface area contributed by atoms with Gasteiger partial charge in [-0.25, -0.2) is 4.98 Å². The van der Waals surface area contributed by atoms with Gasteiger partial charge in [-0.3, -0.25) is 0 Å². The van der Waals surface area contributed by atoms with Crippen LogP contribution in [0.5, 0.6) is 5.75 Å². The van der Waals surface area contributed by atoms with Crippen LogP contribution in [0.15, 0.2) is 34.9 Å². The average molecular weight is 330 g/mol. The van der Waals surface area contributed by atoms with Crippen molar-refractivity contribution in [3.05, 3.63) is 51.6 Å². The lowest BCUT2D eigenvalue weighted by atomic mass is 10.1. The molecule has 0 aliphatic carbocycles. The second-order valence-corrected chi connectivity index (χ2v) is 5.46. The molecular formula is C15H12BrN3O. The largest absolute Gasteiger partial charge is 0.493 e. The second kappa shape index (κ2) is 5.51. The molecule has 1 aromatic heterocycles. The predicted molar refractivity (Wildman–Crippen MR) is 79.6 cm³/mol. The molecule has 0 bridgehead atoms. The fourth-order valence-electron chi connectivity index (χ4n) is 2.26. The molecule has 2 heterocycles. The third kappa shape index (κ3) is 2.61. The van der Waals surface area contributed by atoms with Gasteiger partial charge in [0.05, 0.1) is 18.2 Å². The summed E-state index contributed by atoms with van der Waals surface area (Å²) in [6.45, 7) is 1.35. The highest BCUT2D eigenvalue weighted by molar-refractivity contribution is 9.10. The molecular weight excluding hydrogens is 318 g/mol. The minimum Gasteiger partial charge on any atom is -0.493 e. The Morgan fingerprint density at radius 3 is 3.15 bits per heavy atom. The van der Waals surface area contributed by atoms with Crippen molar-refractivity contribution >= 4 is 21.7 Å². The van der Waals surface area contributed by atoms with E-state index in [4.69, 9.17) is 10.00 Å². The number of hydrogen-bond acceptors (Lipinski definition) is 4. The summed E-state index contributed by atoms with van der Waals surface area (Å²) < 4.78 is 6.74. The summed E-state index contributed by atoms with van der Waals surface area (Å²) in [6, 6.07) is 9.67. The van der Waals surface area contributed by atoms with Crippen molar-refractivity contribution < 1.29 is 4.74 Å². The van der Waals surface area contributed by atoms with E-state index in [1.54, 1.807) is 18.3 Å². The van der Waals surface area contributed by atoms with Crippen molar-refractivity contribution in [2.45, 2.75) is 13.0 Å². The Morgan fingerprint density at radius 1 is 1.40 bits per heavy atom. The molecule has 1 aliphatic heterocycles. The van der Waals surface area contributed by atoms with Gasteiger partial charge in [-0.2, -0.15) is 5.26 Å². The molecule has 3 rings (SSSR count). The van der Waals surface area contributed by atoms with E-state index in [9.17, 15) is 0 Å². The number of hydrogen-bond donors (Lipinski definition) is 1. The van der Waals surface area contributed by atoms with E-state index >= 15 is 0 Å². The number of nitriles is 1. The van der Waals surface area contributed by atoms with Crippen molar-refractivity contribution in [1.82, 2.24) is 4.98 Å². The van der Waals surface area contributed by atoms with Crippen LogP contribution in [0, 0.1) is 11.3 Å². The Bertz CT molecular complexity index is 694. The van der Waals surface area contributed by atoms with Crippen LogP contribution in [0.1, 0.15) is 16.7 Å². The SMILES string of the molecule is N#Cc1ccnc(NCc2cc(Br)cc3c2OCC3)c1. The Labute approximate surface area is 125 Å². The first kappa shape index (κ1) is 12.9. The molecule has 100 valence electrons. The van der Waals surface area contributed by atoms with E-state index in [0.717, 1.165) is 28.8 Å². The van der Waals surface area contributed by atoms with Crippen LogP contribution in [0.2, 0.25) is 0 Å². The summed E-state index contributed by atoms with van der Waals surface area (Å²) in [5.74, 6) is 1.66. The Kier molecular flexibility index (Phi) is 3.57. The van der Waals surface area contributed by atoms with E-state index in [2.05, 4.69) is 38.4 Å². The van der Waals surface area contributed by atoms with Gasteiger partial charge in [0.25, 0.3) is 0 Å².